The summed E-state index contributed by atoms with van der Waals surface area (Å²) in [6.45, 7) is 3.78. The van der Waals surface area contributed by atoms with Crippen molar-refractivity contribution in [1.29, 1.82) is 0 Å². The molecule has 1 aromatic rings. The Labute approximate surface area is 83.9 Å². The number of ether oxygens (including phenoxy) is 1. The van der Waals surface area contributed by atoms with E-state index in [1.54, 1.807) is 13.2 Å². The lowest BCUT2D eigenvalue weighted by molar-refractivity contribution is 0.0954. The smallest absolute Gasteiger partial charge is 0.123 e. The van der Waals surface area contributed by atoms with Gasteiger partial charge in [-0.15, -0.1) is 0 Å². The van der Waals surface area contributed by atoms with E-state index in [9.17, 15) is 4.39 Å². The number of nitrogens with two attached hydrogens (primary N) is 1. The summed E-state index contributed by atoms with van der Waals surface area (Å²) >= 11 is 0. The molecule has 1 aromatic carbocycles. The molecule has 2 unspecified atom stereocenters. The van der Waals surface area contributed by atoms with Gasteiger partial charge in [0.05, 0.1) is 12.1 Å². The van der Waals surface area contributed by atoms with Gasteiger partial charge >= 0.3 is 0 Å². The molecule has 0 bridgehead atoms. The normalized spacial score (nSPS) is 15.2. The topological polar surface area (TPSA) is 35.2 Å². The van der Waals surface area contributed by atoms with Crippen molar-refractivity contribution in [3.8, 4) is 0 Å². The lowest BCUT2D eigenvalue weighted by Gasteiger charge is -2.20. The minimum Gasteiger partial charge on any atom is -0.380 e. The van der Waals surface area contributed by atoms with Gasteiger partial charge in [-0.1, -0.05) is 6.07 Å². The number of rotatable bonds is 3. The quantitative estimate of drug-likeness (QED) is 0.806. The molecule has 0 radical (unpaired) electrons. The average molecular weight is 197 g/mol. The Morgan fingerprint density at radius 2 is 2.07 bits per heavy atom. The van der Waals surface area contributed by atoms with Gasteiger partial charge in [0.25, 0.3) is 0 Å². The van der Waals surface area contributed by atoms with Crippen molar-refractivity contribution >= 4 is 0 Å². The van der Waals surface area contributed by atoms with E-state index in [4.69, 9.17) is 10.5 Å². The number of aryl methyl sites for hydroxylation is 1. The van der Waals surface area contributed by atoms with E-state index in [1.807, 2.05) is 13.8 Å². The van der Waals surface area contributed by atoms with Crippen molar-refractivity contribution in [2.75, 3.05) is 7.11 Å². The van der Waals surface area contributed by atoms with E-state index in [-0.39, 0.29) is 18.0 Å². The van der Waals surface area contributed by atoms with Gasteiger partial charge in [-0.2, -0.15) is 0 Å². The van der Waals surface area contributed by atoms with Gasteiger partial charge in [-0.05, 0) is 37.1 Å². The molecule has 0 amide bonds. The first-order valence-corrected chi connectivity index (χ1v) is 4.60. The molecule has 0 heterocycles. The summed E-state index contributed by atoms with van der Waals surface area (Å²) in [6, 6.07) is 4.35. The standard InChI is InChI=1S/C11H16FNO/c1-7-4-5-9(12)6-10(7)11(13)8(2)14-3/h4-6,8,11H,13H2,1-3H3. The number of methoxy groups -OCH3 is 1. The molecule has 0 aliphatic carbocycles. The molecule has 0 spiro atoms. The van der Waals surface area contributed by atoms with Crippen LogP contribution in [0.4, 0.5) is 4.39 Å². The Bertz CT molecular complexity index is 314. The summed E-state index contributed by atoms with van der Waals surface area (Å²) in [5.74, 6) is -0.260. The van der Waals surface area contributed by atoms with E-state index in [1.165, 1.54) is 12.1 Å². The first-order valence-electron chi connectivity index (χ1n) is 4.60. The van der Waals surface area contributed by atoms with Crippen LogP contribution in [-0.2, 0) is 4.74 Å². The maximum absolute atomic E-state index is 13.0. The average Bonchev–Trinajstić information content (AvgIpc) is 2.19. The van der Waals surface area contributed by atoms with E-state index in [2.05, 4.69) is 0 Å². The highest BCUT2D eigenvalue weighted by molar-refractivity contribution is 5.29. The monoisotopic (exact) mass is 197 g/mol. The highest BCUT2D eigenvalue weighted by atomic mass is 19.1. The molecule has 0 aliphatic rings. The fourth-order valence-corrected chi connectivity index (χ4v) is 1.37. The van der Waals surface area contributed by atoms with Gasteiger partial charge in [0, 0.05) is 7.11 Å². The molecule has 2 atom stereocenters. The molecule has 0 saturated heterocycles. The SMILES string of the molecule is COC(C)C(N)c1cc(F)ccc1C. The molecule has 2 nitrogen and oxygen atoms in total. The number of hydrogen-bond donors (Lipinski definition) is 1. The van der Waals surface area contributed by atoms with Crippen LogP contribution in [0.15, 0.2) is 18.2 Å². The second kappa shape index (κ2) is 4.53. The summed E-state index contributed by atoms with van der Waals surface area (Å²) in [5.41, 5.74) is 7.72. The van der Waals surface area contributed by atoms with Crippen molar-refractivity contribution in [1.82, 2.24) is 0 Å². The Morgan fingerprint density at radius 1 is 1.43 bits per heavy atom. The zero-order valence-electron chi connectivity index (χ0n) is 8.75. The highest BCUT2D eigenvalue weighted by Crippen LogP contribution is 2.20. The molecule has 3 heteroatoms. The third kappa shape index (κ3) is 2.30. The van der Waals surface area contributed by atoms with E-state index in [0.29, 0.717) is 0 Å². The fraction of sp³-hybridized carbons (Fsp3) is 0.455. The maximum atomic E-state index is 13.0. The summed E-state index contributed by atoms with van der Waals surface area (Å²) in [6.07, 6.45) is -0.115. The molecule has 14 heavy (non-hydrogen) atoms. The third-order valence-corrected chi connectivity index (χ3v) is 2.48. The van der Waals surface area contributed by atoms with Gasteiger partial charge in [0.2, 0.25) is 0 Å². The van der Waals surface area contributed by atoms with Crippen LogP contribution in [0.3, 0.4) is 0 Å². The molecular formula is C11H16FNO. The Kier molecular flexibility index (Phi) is 3.61. The second-order valence-electron chi connectivity index (χ2n) is 3.47. The fourth-order valence-electron chi connectivity index (χ4n) is 1.37. The summed E-state index contributed by atoms with van der Waals surface area (Å²) in [7, 11) is 1.60. The predicted octanol–water partition coefficient (Wildman–Crippen LogP) is 2.17. The van der Waals surface area contributed by atoms with Crippen LogP contribution >= 0.6 is 0 Å². The molecule has 0 saturated carbocycles. The van der Waals surface area contributed by atoms with Crippen molar-refractivity contribution in [3.05, 3.63) is 35.1 Å². The number of benzene rings is 1. The first kappa shape index (κ1) is 11.1. The molecule has 0 fully saturated rings. The minimum absolute atomic E-state index is 0.115. The van der Waals surface area contributed by atoms with Crippen molar-refractivity contribution in [2.24, 2.45) is 5.73 Å². The summed E-state index contributed by atoms with van der Waals surface area (Å²) in [5, 5.41) is 0. The zero-order valence-corrected chi connectivity index (χ0v) is 8.75. The lowest BCUT2D eigenvalue weighted by Crippen LogP contribution is -2.26. The minimum atomic E-state index is -0.282. The zero-order chi connectivity index (χ0) is 10.7. The van der Waals surface area contributed by atoms with E-state index >= 15 is 0 Å². The predicted molar refractivity (Wildman–Crippen MR) is 54.5 cm³/mol. The van der Waals surface area contributed by atoms with Gasteiger partial charge in [-0.3, -0.25) is 0 Å². The van der Waals surface area contributed by atoms with Gasteiger partial charge in [0.1, 0.15) is 5.82 Å². The number of hydrogen-bond acceptors (Lipinski definition) is 2. The lowest BCUT2D eigenvalue weighted by atomic mass is 9.98. The van der Waals surface area contributed by atoms with Crippen LogP contribution in [0.25, 0.3) is 0 Å². The van der Waals surface area contributed by atoms with Crippen LogP contribution in [-0.4, -0.2) is 13.2 Å². The van der Waals surface area contributed by atoms with Crippen LogP contribution < -0.4 is 5.73 Å². The molecular weight excluding hydrogens is 181 g/mol. The Hall–Kier alpha value is -0.930. The maximum Gasteiger partial charge on any atom is 0.123 e. The molecule has 78 valence electrons. The van der Waals surface area contributed by atoms with Crippen molar-refractivity contribution in [3.63, 3.8) is 0 Å². The highest BCUT2D eigenvalue weighted by Gasteiger charge is 2.16. The first-order chi connectivity index (χ1) is 6.56. The van der Waals surface area contributed by atoms with Crippen molar-refractivity contribution < 1.29 is 9.13 Å². The van der Waals surface area contributed by atoms with Gasteiger partial charge in [0.15, 0.2) is 0 Å². The van der Waals surface area contributed by atoms with Crippen LogP contribution in [0.2, 0.25) is 0 Å². The van der Waals surface area contributed by atoms with Crippen LogP contribution in [0, 0.1) is 12.7 Å². The van der Waals surface area contributed by atoms with Gasteiger partial charge < -0.3 is 10.5 Å². The van der Waals surface area contributed by atoms with Crippen LogP contribution in [0.5, 0.6) is 0 Å². The Morgan fingerprint density at radius 3 is 2.64 bits per heavy atom. The summed E-state index contributed by atoms with van der Waals surface area (Å²) in [4.78, 5) is 0. The molecule has 0 aromatic heterocycles. The largest absolute Gasteiger partial charge is 0.380 e. The van der Waals surface area contributed by atoms with E-state index < -0.39 is 0 Å². The van der Waals surface area contributed by atoms with E-state index in [0.717, 1.165) is 11.1 Å². The summed E-state index contributed by atoms with van der Waals surface area (Å²) < 4.78 is 18.1. The van der Waals surface area contributed by atoms with Crippen LogP contribution in [0.1, 0.15) is 24.1 Å². The number of halogens is 1. The molecule has 2 N–H and O–H groups in total. The molecule has 1 rings (SSSR count). The Balaban J connectivity index is 2.99. The second-order valence-corrected chi connectivity index (χ2v) is 3.47. The molecule has 0 aliphatic heterocycles. The third-order valence-electron chi connectivity index (χ3n) is 2.48. The van der Waals surface area contributed by atoms with Crippen molar-refractivity contribution in [2.45, 2.75) is 26.0 Å². The van der Waals surface area contributed by atoms with Gasteiger partial charge in [-0.25, -0.2) is 4.39 Å².